The number of imidazole rings is 1. The summed E-state index contributed by atoms with van der Waals surface area (Å²) in [4.78, 5) is 0. The molecule has 262 valence electrons. The molecule has 1 heterocycles. The number of sulfonamides is 4. The van der Waals surface area contributed by atoms with E-state index in [4.69, 9.17) is 0 Å². The molecule has 0 radical (unpaired) electrons. The number of aromatic nitrogens is 2. The summed E-state index contributed by atoms with van der Waals surface area (Å²) in [7, 11) is -14.1. The van der Waals surface area contributed by atoms with Crippen molar-refractivity contribution in [1.29, 1.82) is 0 Å². The highest BCUT2D eigenvalue weighted by Gasteiger charge is 2.40. The maximum absolute atomic E-state index is 11.4. The summed E-state index contributed by atoms with van der Waals surface area (Å²) < 4.78 is 158. The lowest BCUT2D eigenvalue weighted by atomic mass is 10.2. The van der Waals surface area contributed by atoms with Crippen LogP contribution in [0.2, 0.25) is 0 Å². The Balaban J connectivity index is 0.000000697. The van der Waals surface area contributed by atoms with Crippen molar-refractivity contribution in [3.8, 4) is 0 Å². The predicted molar refractivity (Wildman–Crippen MR) is 153 cm³/mol. The van der Waals surface area contributed by atoms with E-state index < -0.39 is 51.1 Å². The summed E-state index contributed by atoms with van der Waals surface area (Å²) in [6.07, 6.45) is 10.9. The molecule has 0 bridgehead atoms. The van der Waals surface area contributed by atoms with Gasteiger partial charge >= 0.3 is 11.0 Å². The number of hydrogen-bond donors (Lipinski definition) is 0. The highest BCUT2D eigenvalue weighted by Crippen LogP contribution is 2.30. The van der Waals surface area contributed by atoms with Crippen LogP contribution >= 0.6 is 0 Å². The van der Waals surface area contributed by atoms with Gasteiger partial charge in [-0.25, -0.2) is 42.8 Å². The summed E-state index contributed by atoms with van der Waals surface area (Å²) in [5, 5.41) is 0. The summed E-state index contributed by atoms with van der Waals surface area (Å²) in [5.74, 6) is 0. The molecule has 0 aliphatic rings. The fourth-order valence-electron chi connectivity index (χ4n) is 2.96. The molecule has 13 nitrogen and oxygen atoms in total. The molecule has 1 aromatic heterocycles. The van der Waals surface area contributed by atoms with E-state index in [1.165, 1.54) is 31.4 Å². The highest BCUT2D eigenvalue weighted by atomic mass is 32.3. The maximum Gasteiger partial charge on any atom is 0.480 e. The van der Waals surface area contributed by atoms with Gasteiger partial charge < -0.3 is 12.7 Å². The van der Waals surface area contributed by atoms with Crippen molar-refractivity contribution in [3.63, 3.8) is 0 Å². The number of aryl methyl sites for hydroxylation is 1. The van der Waals surface area contributed by atoms with Gasteiger partial charge in [0.05, 0.1) is 54.3 Å². The first-order valence-corrected chi connectivity index (χ1v) is 18.9. The minimum absolute atomic E-state index is 0.246. The van der Waals surface area contributed by atoms with E-state index in [2.05, 4.69) is 79.3 Å². The molecule has 0 unspecified atom stereocenters. The van der Waals surface area contributed by atoms with Crippen LogP contribution in [-0.4, -0.2) is 93.9 Å². The second kappa shape index (κ2) is 16.5. The molecule has 2 aromatic rings. The molecular formula is C22H35F6N5O8S4. The Kier molecular flexibility index (Phi) is 15.6. The van der Waals surface area contributed by atoms with Crippen LogP contribution in [0.5, 0.6) is 0 Å². The Morgan fingerprint density at radius 3 is 1.53 bits per heavy atom. The molecule has 0 N–H and O–H groups in total. The standard InChI is InChI=1S/C18H29N3.2C2H3F3NO4S2/c1-21(2,3)15-9-5-8-12-19-13-14-20(17-19)16-18-10-6-4-7-11-18;2*1-11(7,8)6-12(9,10)2(3,4)5/h4,6-7,10-11,13-14,17H,5,8-9,12,15-16H2,1-3H3;2*1H3/q+2;2*-1. The van der Waals surface area contributed by atoms with Gasteiger partial charge in [-0.3, -0.25) is 0 Å². The second-order valence-corrected chi connectivity index (χ2v) is 17.3. The molecule has 23 heteroatoms. The number of benzene rings is 1. The maximum atomic E-state index is 11.4. The normalized spacial score (nSPS) is 13.3. The van der Waals surface area contributed by atoms with Crippen molar-refractivity contribution < 1.29 is 69.1 Å². The Morgan fingerprint density at radius 1 is 0.733 bits per heavy atom. The van der Waals surface area contributed by atoms with Crippen LogP contribution in [0.4, 0.5) is 26.3 Å². The van der Waals surface area contributed by atoms with E-state index in [-0.39, 0.29) is 12.5 Å². The van der Waals surface area contributed by atoms with Gasteiger partial charge in [0.15, 0.2) is 20.0 Å². The molecule has 0 aliphatic heterocycles. The first kappa shape index (κ1) is 42.7. The topological polar surface area (TPSA) is 174 Å². The summed E-state index contributed by atoms with van der Waals surface area (Å²) >= 11 is 0. The van der Waals surface area contributed by atoms with Crippen LogP contribution in [-0.2, 0) is 53.2 Å². The fourth-order valence-corrected chi connectivity index (χ4v) is 6.49. The van der Waals surface area contributed by atoms with Crippen molar-refractivity contribution in [3.05, 3.63) is 62.9 Å². The average molecular weight is 740 g/mol. The number of nitrogens with zero attached hydrogens (tertiary/aromatic N) is 5. The van der Waals surface area contributed by atoms with E-state index >= 15 is 0 Å². The number of unbranched alkanes of at least 4 members (excludes halogenated alkanes) is 2. The van der Waals surface area contributed by atoms with Crippen molar-refractivity contribution in [2.75, 3.05) is 40.2 Å². The lowest BCUT2D eigenvalue weighted by Crippen LogP contribution is -2.35. The predicted octanol–water partition coefficient (Wildman–Crippen LogP) is 3.04. The largest absolute Gasteiger partial charge is 0.480 e. The molecule has 0 spiro atoms. The van der Waals surface area contributed by atoms with E-state index in [0.29, 0.717) is 0 Å². The fraction of sp³-hybridized carbons (Fsp3) is 0.591. The van der Waals surface area contributed by atoms with Gasteiger partial charge in [-0.1, -0.05) is 30.3 Å². The molecule has 0 atom stereocenters. The zero-order chi connectivity index (χ0) is 35.5. The van der Waals surface area contributed by atoms with Gasteiger partial charge in [0.25, 0.3) is 0 Å². The summed E-state index contributed by atoms with van der Waals surface area (Å²) in [5.41, 5.74) is -9.99. The van der Waals surface area contributed by atoms with Gasteiger partial charge in [0.1, 0.15) is 18.9 Å². The monoisotopic (exact) mass is 739 g/mol. The Morgan fingerprint density at radius 2 is 1.18 bits per heavy atom. The molecule has 0 amide bonds. The molecule has 45 heavy (non-hydrogen) atoms. The van der Waals surface area contributed by atoms with Crippen molar-refractivity contribution >= 4 is 40.1 Å². The lowest BCUT2D eigenvalue weighted by molar-refractivity contribution is -0.870. The quantitative estimate of drug-likeness (QED) is 0.138. The average Bonchev–Trinajstić information content (AvgIpc) is 3.22. The molecule has 0 saturated heterocycles. The van der Waals surface area contributed by atoms with Crippen LogP contribution in [0.25, 0.3) is 8.25 Å². The molecule has 1 aromatic carbocycles. The SMILES string of the molecule is CS(=O)(=O)[N-]S(=O)(=O)C(F)(F)F.CS(=O)(=O)[N-]S(=O)(=O)C(F)(F)F.C[N+](C)(C)CCCCCn1cc[n+](Cc2ccccc2)c1. The first-order chi connectivity index (χ1) is 19.9. The molecule has 0 fully saturated rings. The number of rotatable bonds is 12. The third kappa shape index (κ3) is 19.7. The van der Waals surface area contributed by atoms with Crippen LogP contribution in [0, 0.1) is 0 Å². The number of halogens is 6. The van der Waals surface area contributed by atoms with Crippen LogP contribution < -0.4 is 4.57 Å². The van der Waals surface area contributed by atoms with Crippen molar-refractivity contribution in [2.24, 2.45) is 0 Å². The third-order valence-corrected chi connectivity index (χ3v) is 9.66. The van der Waals surface area contributed by atoms with Crippen LogP contribution in [0.3, 0.4) is 0 Å². The summed E-state index contributed by atoms with van der Waals surface area (Å²) in [6, 6.07) is 10.6. The molecule has 0 saturated carbocycles. The number of quaternary nitrogens is 1. The Labute approximate surface area is 259 Å². The smallest absolute Gasteiger partial charge is 0.429 e. The van der Waals surface area contributed by atoms with Gasteiger partial charge in [-0.2, -0.15) is 26.3 Å². The summed E-state index contributed by atoms with van der Waals surface area (Å²) in [6.45, 7) is 3.34. The van der Waals surface area contributed by atoms with Crippen molar-refractivity contribution in [2.45, 2.75) is 43.4 Å². The molecular weight excluding hydrogens is 705 g/mol. The van der Waals surface area contributed by atoms with Gasteiger partial charge in [0, 0.05) is 12.5 Å². The Hall–Kier alpha value is -2.31. The zero-order valence-corrected chi connectivity index (χ0v) is 28.0. The van der Waals surface area contributed by atoms with Gasteiger partial charge in [0.2, 0.25) is 6.33 Å². The minimum Gasteiger partial charge on any atom is -0.429 e. The van der Waals surface area contributed by atoms with Crippen LogP contribution in [0.1, 0.15) is 24.8 Å². The number of alkyl halides is 6. The van der Waals surface area contributed by atoms with E-state index in [9.17, 15) is 60.0 Å². The first-order valence-electron chi connectivity index (χ1n) is 12.3. The molecule has 2 rings (SSSR count). The minimum atomic E-state index is -5.92. The second-order valence-electron chi connectivity index (χ2n) is 10.3. The van der Waals surface area contributed by atoms with Crippen molar-refractivity contribution in [1.82, 2.24) is 4.57 Å². The third-order valence-electron chi connectivity index (χ3n) is 4.75. The highest BCUT2D eigenvalue weighted by molar-refractivity contribution is 8.12. The Bertz CT molecular complexity index is 1560. The van der Waals surface area contributed by atoms with Gasteiger partial charge in [-0.05, 0) is 24.8 Å². The van der Waals surface area contributed by atoms with E-state index in [0.717, 1.165) is 17.6 Å². The van der Waals surface area contributed by atoms with Crippen LogP contribution in [0.15, 0.2) is 49.1 Å². The van der Waals surface area contributed by atoms with Gasteiger partial charge in [-0.15, -0.1) is 0 Å². The van der Waals surface area contributed by atoms with E-state index in [1.807, 2.05) is 0 Å². The lowest BCUT2D eigenvalue weighted by Gasteiger charge is -2.23. The molecule has 0 aliphatic carbocycles. The number of hydrogen-bond acceptors (Lipinski definition) is 8. The van der Waals surface area contributed by atoms with E-state index in [1.54, 1.807) is 8.25 Å². The zero-order valence-electron chi connectivity index (χ0n) is 24.8.